The van der Waals surface area contributed by atoms with Gasteiger partial charge in [-0.3, -0.25) is 0 Å². The second-order valence-electron chi connectivity index (χ2n) is 3.04. The minimum absolute atomic E-state index is 0.370. The summed E-state index contributed by atoms with van der Waals surface area (Å²) in [5.74, 6) is 0.745. The molecule has 1 heterocycles. The number of aliphatic hydroxyl groups is 1. The Balaban J connectivity index is 2.44. The second-order valence-corrected chi connectivity index (χ2v) is 6.40. The van der Waals surface area contributed by atoms with Gasteiger partial charge < -0.3 is 5.11 Å². The molecule has 0 aliphatic heterocycles. The van der Waals surface area contributed by atoms with E-state index >= 15 is 0 Å². The molecule has 0 bridgehead atoms. The van der Waals surface area contributed by atoms with Gasteiger partial charge in [0.15, 0.2) is 0 Å². The highest BCUT2D eigenvalue weighted by Crippen LogP contribution is 2.29. The number of hydrogen-bond acceptors (Lipinski definition) is 3. The molecule has 1 aromatic heterocycles. The van der Waals surface area contributed by atoms with Crippen LogP contribution in [-0.4, -0.2) is 16.1 Å². The Hall–Kier alpha value is 0.300. The van der Waals surface area contributed by atoms with Crippen molar-refractivity contribution in [3.63, 3.8) is 0 Å². The van der Waals surface area contributed by atoms with Gasteiger partial charge in [0, 0.05) is 10.6 Å². The Labute approximate surface area is 92.1 Å². The highest BCUT2D eigenvalue weighted by molar-refractivity contribution is 7.99. The van der Waals surface area contributed by atoms with E-state index < -0.39 is 0 Å². The number of halogens is 1. The maximum absolute atomic E-state index is 9.71. The van der Waals surface area contributed by atoms with Gasteiger partial charge in [0.2, 0.25) is 0 Å². The van der Waals surface area contributed by atoms with Crippen LogP contribution in [0.5, 0.6) is 0 Å². The molecule has 0 aromatic carbocycles. The molecule has 1 rings (SSSR count). The first-order valence-corrected chi connectivity index (χ1v) is 6.39. The van der Waals surface area contributed by atoms with Crippen molar-refractivity contribution in [2.75, 3.05) is 5.75 Å². The standard InChI is InChI=1S/C9H13ClOS2/c1-6(2)12-5-7(11)8-3-4-9(10)13-8/h3-4,6-7,11H,5H2,1-2H3. The van der Waals surface area contributed by atoms with Gasteiger partial charge in [0.1, 0.15) is 0 Å². The summed E-state index contributed by atoms with van der Waals surface area (Å²) >= 11 is 8.97. The van der Waals surface area contributed by atoms with Crippen molar-refractivity contribution in [2.45, 2.75) is 25.2 Å². The van der Waals surface area contributed by atoms with Crippen molar-refractivity contribution in [3.8, 4) is 0 Å². The van der Waals surface area contributed by atoms with E-state index in [4.69, 9.17) is 11.6 Å². The van der Waals surface area contributed by atoms with E-state index in [2.05, 4.69) is 13.8 Å². The van der Waals surface area contributed by atoms with Gasteiger partial charge >= 0.3 is 0 Å². The molecule has 0 saturated heterocycles. The van der Waals surface area contributed by atoms with Crippen LogP contribution in [0.25, 0.3) is 0 Å². The fourth-order valence-corrected chi connectivity index (χ4v) is 2.77. The third kappa shape index (κ3) is 3.90. The average molecular weight is 237 g/mol. The fourth-order valence-electron chi connectivity index (χ4n) is 0.873. The first-order chi connectivity index (χ1) is 6.09. The molecule has 1 nitrogen and oxygen atoms in total. The molecule has 0 saturated carbocycles. The van der Waals surface area contributed by atoms with Gasteiger partial charge in [0.05, 0.1) is 10.4 Å². The molecule has 74 valence electrons. The summed E-state index contributed by atoms with van der Waals surface area (Å²) in [5.41, 5.74) is 0. The van der Waals surface area contributed by atoms with Crippen LogP contribution in [0.1, 0.15) is 24.8 Å². The van der Waals surface area contributed by atoms with Crippen LogP contribution in [0, 0.1) is 0 Å². The van der Waals surface area contributed by atoms with Crippen LogP contribution >= 0.6 is 34.7 Å². The molecule has 1 aromatic rings. The molecule has 13 heavy (non-hydrogen) atoms. The molecule has 4 heteroatoms. The van der Waals surface area contributed by atoms with Crippen molar-refractivity contribution < 1.29 is 5.11 Å². The Bertz CT molecular complexity index is 260. The van der Waals surface area contributed by atoms with Crippen LogP contribution < -0.4 is 0 Å². The second kappa shape index (κ2) is 5.25. The number of thiophene rings is 1. The van der Waals surface area contributed by atoms with Gasteiger partial charge in [-0.1, -0.05) is 25.4 Å². The highest BCUT2D eigenvalue weighted by atomic mass is 35.5. The lowest BCUT2D eigenvalue weighted by Crippen LogP contribution is -2.00. The van der Waals surface area contributed by atoms with E-state index in [1.807, 2.05) is 12.1 Å². The normalized spacial score (nSPS) is 13.6. The van der Waals surface area contributed by atoms with E-state index in [1.165, 1.54) is 11.3 Å². The lowest BCUT2D eigenvalue weighted by atomic mass is 10.3. The van der Waals surface area contributed by atoms with Crippen molar-refractivity contribution in [3.05, 3.63) is 21.3 Å². The SMILES string of the molecule is CC(C)SCC(O)c1ccc(Cl)s1. The Morgan fingerprint density at radius 1 is 1.54 bits per heavy atom. The summed E-state index contributed by atoms with van der Waals surface area (Å²) in [5, 5.41) is 10.3. The number of thioether (sulfide) groups is 1. The summed E-state index contributed by atoms with van der Waals surface area (Å²) in [7, 11) is 0. The van der Waals surface area contributed by atoms with Crippen molar-refractivity contribution in [1.82, 2.24) is 0 Å². The predicted octanol–water partition coefficient (Wildman–Crippen LogP) is 3.58. The maximum Gasteiger partial charge on any atom is 0.0972 e. The minimum atomic E-state index is -0.370. The minimum Gasteiger partial charge on any atom is -0.387 e. The third-order valence-corrected chi connectivity index (χ3v) is 4.02. The molecule has 1 atom stereocenters. The molecule has 1 N–H and O–H groups in total. The van der Waals surface area contributed by atoms with Crippen LogP contribution in [-0.2, 0) is 0 Å². The van der Waals surface area contributed by atoms with E-state index in [0.717, 1.165) is 15.0 Å². The number of rotatable bonds is 4. The van der Waals surface area contributed by atoms with Gasteiger partial charge in [-0.05, 0) is 17.4 Å². The zero-order valence-corrected chi connectivity index (χ0v) is 10.0. The lowest BCUT2D eigenvalue weighted by Gasteiger charge is -2.09. The number of aliphatic hydroxyl groups excluding tert-OH is 1. The smallest absolute Gasteiger partial charge is 0.0972 e. The average Bonchev–Trinajstić information content (AvgIpc) is 2.47. The monoisotopic (exact) mass is 236 g/mol. The third-order valence-electron chi connectivity index (χ3n) is 1.51. The van der Waals surface area contributed by atoms with E-state index in [0.29, 0.717) is 5.25 Å². The summed E-state index contributed by atoms with van der Waals surface area (Å²) in [4.78, 5) is 0.957. The molecule has 0 amide bonds. The largest absolute Gasteiger partial charge is 0.387 e. The quantitative estimate of drug-likeness (QED) is 0.863. The van der Waals surface area contributed by atoms with Crippen molar-refractivity contribution in [2.24, 2.45) is 0 Å². The summed E-state index contributed by atoms with van der Waals surface area (Å²) in [6.45, 7) is 4.25. The van der Waals surface area contributed by atoms with Crippen molar-refractivity contribution in [1.29, 1.82) is 0 Å². The first-order valence-electron chi connectivity index (χ1n) is 4.14. The fraction of sp³-hybridized carbons (Fsp3) is 0.556. The Kier molecular flexibility index (Phi) is 4.59. The van der Waals surface area contributed by atoms with E-state index in [-0.39, 0.29) is 6.10 Å². The van der Waals surface area contributed by atoms with Crippen molar-refractivity contribution >= 4 is 34.7 Å². The van der Waals surface area contributed by atoms with Gasteiger partial charge in [-0.15, -0.1) is 11.3 Å². The van der Waals surface area contributed by atoms with E-state index in [1.54, 1.807) is 11.8 Å². The van der Waals surface area contributed by atoms with Crippen LogP contribution in [0.2, 0.25) is 4.34 Å². The van der Waals surface area contributed by atoms with Crippen LogP contribution in [0.15, 0.2) is 12.1 Å². The van der Waals surface area contributed by atoms with Gasteiger partial charge in [-0.25, -0.2) is 0 Å². The lowest BCUT2D eigenvalue weighted by molar-refractivity contribution is 0.208. The molecule has 0 aliphatic carbocycles. The topological polar surface area (TPSA) is 20.2 Å². The molecule has 0 radical (unpaired) electrons. The molecule has 0 spiro atoms. The zero-order valence-electron chi connectivity index (χ0n) is 7.66. The Morgan fingerprint density at radius 3 is 2.69 bits per heavy atom. The molecular formula is C9H13ClOS2. The molecule has 1 unspecified atom stereocenters. The van der Waals surface area contributed by atoms with Crippen LogP contribution in [0.4, 0.5) is 0 Å². The van der Waals surface area contributed by atoms with Gasteiger partial charge in [-0.2, -0.15) is 11.8 Å². The Morgan fingerprint density at radius 2 is 2.23 bits per heavy atom. The van der Waals surface area contributed by atoms with Crippen LogP contribution in [0.3, 0.4) is 0 Å². The predicted molar refractivity (Wildman–Crippen MR) is 61.9 cm³/mol. The molecule has 0 fully saturated rings. The zero-order chi connectivity index (χ0) is 9.84. The number of hydrogen-bond donors (Lipinski definition) is 1. The molecular weight excluding hydrogens is 224 g/mol. The summed E-state index contributed by atoms with van der Waals surface area (Å²) in [6.07, 6.45) is -0.370. The summed E-state index contributed by atoms with van der Waals surface area (Å²) in [6, 6.07) is 3.71. The highest BCUT2D eigenvalue weighted by Gasteiger charge is 2.10. The first kappa shape index (κ1) is 11.4. The van der Waals surface area contributed by atoms with E-state index in [9.17, 15) is 5.11 Å². The maximum atomic E-state index is 9.71. The molecule has 0 aliphatic rings. The van der Waals surface area contributed by atoms with Gasteiger partial charge in [0.25, 0.3) is 0 Å². The summed E-state index contributed by atoms with van der Waals surface area (Å²) < 4.78 is 0.739.